The van der Waals surface area contributed by atoms with Gasteiger partial charge >= 0.3 is 0 Å². The van der Waals surface area contributed by atoms with Gasteiger partial charge in [-0.25, -0.2) is 0 Å². The van der Waals surface area contributed by atoms with E-state index < -0.39 is 5.91 Å². The molecule has 0 radical (unpaired) electrons. The van der Waals surface area contributed by atoms with Crippen molar-refractivity contribution in [1.29, 1.82) is 0 Å². The lowest BCUT2D eigenvalue weighted by Gasteiger charge is -1.95. The van der Waals surface area contributed by atoms with Gasteiger partial charge in [-0.1, -0.05) is 29.8 Å². The molecule has 0 saturated carbocycles. The molecule has 3 rings (SSSR count). The molecule has 0 atom stereocenters. The number of amides is 1. The van der Waals surface area contributed by atoms with E-state index in [0.29, 0.717) is 5.56 Å². The summed E-state index contributed by atoms with van der Waals surface area (Å²) < 4.78 is 0. The number of H-pyrrole nitrogens is 1. The molecule has 0 unspecified atom stereocenters. The number of carbonyl (C=O) groups is 1. The molecule has 0 aliphatic carbocycles. The average Bonchev–Trinajstić information content (AvgIpc) is 2.80. The second-order valence-electron chi connectivity index (χ2n) is 4.74. The van der Waals surface area contributed by atoms with E-state index in [-0.39, 0.29) is 11.6 Å². The van der Waals surface area contributed by atoms with Gasteiger partial charge in [0.05, 0.1) is 5.52 Å². The summed E-state index contributed by atoms with van der Waals surface area (Å²) in [6.45, 7) is 1.94. The number of nitrogens with one attached hydrogen (secondary N) is 1. The summed E-state index contributed by atoms with van der Waals surface area (Å²) >= 11 is 0. The summed E-state index contributed by atoms with van der Waals surface area (Å²) in [7, 11) is 0. The molecule has 0 saturated heterocycles. The first kappa shape index (κ1) is 13.1. The van der Waals surface area contributed by atoms with E-state index in [2.05, 4.69) is 15.2 Å². The quantitative estimate of drug-likeness (QED) is 0.692. The number of aromatic amines is 1. The third-order valence-electron chi connectivity index (χ3n) is 3.17. The third-order valence-corrected chi connectivity index (χ3v) is 3.17. The molecule has 1 aromatic heterocycles. The normalized spacial score (nSPS) is 11.3. The van der Waals surface area contributed by atoms with Crippen LogP contribution >= 0.6 is 0 Å². The van der Waals surface area contributed by atoms with Crippen LogP contribution in [0.2, 0.25) is 0 Å². The molecule has 1 heterocycles. The first-order chi connectivity index (χ1) is 10.1. The third kappa shape index (κ3) is 2.53. The molecule has 2 N–H and O–H groups in total. The van der Waals surface area contributed by atoms with Crippen LogP contribution in [0.3, 0.4) is 0 Å². The number of aromatic nitrogens is 1. The number of azo groups is 1. The molecule has 1 amide bonds. The van der Waals surface area contributed by atoms with E-state index in [9.17, 15) is 9.90 Å². The molecule has 2 aromatic carbocycles. The standard InChI is InChI=1S/C16H13N3O2/c1-10-7-8-13-12(9-10)14(16(21)17-13)18-19-15(20)11-5-3-2-4-6-11/h2-9,17,21H,1H3. The Labute approximate surface area is 121 Å². The maximum absolute atomic E-state index is 11.9. The van der Waals surface area contributed by atoms with Crippen molar-refractivity contribution in [3.8, 4) is 5.88 Å². The van der Waals surface area contributed by atoms with Crippen molar-refractivity contribution in [2.75, 3.05) is 0 Å². The van der Waals surface area contributed by atoms with Gasteiger partial charge in [-0.05, 0) is 31.2 Å². The van der Waals surface area contributed by atoms with Crippen molar-refractivity contribution in [3.05, 3.63) is 59.7 Å². The first-order valence-electron chi connectivity index (χ1n) is 6.47. The second-order valence-corrected chi connectivity index (χ2v) is 4.74. The number of aryl methyl sites for hydroxylation is 1. The fourth-order valence-corrected chi connectivity index (χ4v) is 2.11. The molecule has 0 fully saturated rings. The molecule has 5 nitrogen and oxygen atoms in total. The number of carbonyl (C=O) groups excluding carboxylic acids is 1. The average molecular weight is 279 g/mol. The number of hydrogen-bond donors (Lipinski definition) is 2. The Kier molecular flexibility index (Phi) is 3.23. The van der Waals surface area contributed by atoms with Gasteiger partial charge in [0.2, 0.25) is 5.88 Å². The molecule has 104 valence electrons. The summed E-state index contributed by atoms with van der Waals surface area (Å²) in [5.74, 6) is -0.544. The number of rotatable bonds is 2. The van der Waals surface area contributed by atoms with Crippen LogP contribution in [-0.2, 0) is 0 Å². The van der Waals surface area contributed by atoms with Crippen molar-refractivity contribution in [3.63, 3.8) is 0 Å². The van der Waals surface area contributed by atoms with Crippen molar-refractivity contribution < 1.29 is 9.90 Å². The molecule has 0 spiro atoms. The van der Waals surface area contributed by atoms with Gasteiger partial charge < -0.3 is 10.1 Å². The zero-order valence-corrected chi connectivity index (χ0v) is 11.4. The number of benzene rings is 2. The monoisotopic (exact) mass is 279 g/mol. The minimum Gasteiger partial charge on any atom is -0.493 e. The molecular weight excluding hydrogens is 266 g/mol. The Morgan fingerprint density at radius 3 is 2.67 bits per heavy atom. The summed E-state index contributed by atoms with van der Waals surface area (Å²) in [6.07, 6.45) is 0. The zero-order chi connectivity index (χ0) is 14.8. The molecule has 0 aliphatic rings. The molecule has 21 heavy (non-hydrogen) atoms. The minimum absolute atomic E-state index is 0.0970. The lowest BCUT2D eigenvalue weighted by Crippen LogP contribution is -1.91. The van der Waals surface area contributed by atoms with Gasteiger partial charge in [-0.2, -0.15) is 0 Å². The highest BCUT2D eigenvalue weighted by atomic mass is 16.3. The number of fused-ring (bicyclic) bond motifs is 1. The lowest BCUT2D eigenvalue weighted by molar-refractivity contribution is 0.0995. The molecule has 0 aliphatic heterocycles. The Bertz CT molecular complexity index is 835. The van der Waals surface area contributed by atoms with Crippen LogP contribution in [0.15, 0.2) is 58.8 Å². The molecule has 3 aromatic rings. The van der Waals surface area contributed by atoms with E-state index in [1.54, 1.807) is 24.3 Å². The largest absolute Gasteiger partial charge is 0.493 e. The smallest absolute Gasteiger partial charge is 0.295 e. The molecular formula is C16H13N3O2. The predicted octanol–water partition coefficient (Wildman–Crippen LogP) is 4.11. The summed E-state index contributed by atoms with van der Waals surface area (Å²) in [5, 5.41) is 18.2. The van der Waals surface area contributed by atoms with Crippen LogP contribution in [0.1, 0.15) is 15.9 Å². The van der Waals surface area contributed by atoms with Gasteiger partial charge in [-0.3, -0.25) is 4.79 Å². The van der Waals surface area contributed by atoms with Crippen LogP contribution in [0.4, 0.5) is 5.69 Å². The van der Waals surface area contributed by atoms with Crippen LogP contribution in [0, 0.1) is 6.92 Å². The number of aromatic hydroxyl groups is 1. The van der Waals surface area contributed by atoms with Crippen LogP contribution in [0.5, 0.6) is 5.88 Å². The van der Waals surface area contributed by atoms with Crippen LogP contribution in [-0.4, -0.2) is 16.0 Å². The Hall–Kier alpha value is -2.95. The van der Waals surface area contributed by atoms with E-state index in [4.69, 9.17) is 0 Å². The van der Waals surface area contributed by atoms with Gasteiger partial charge in [0, 0.05) is 10.9 Å². The van der Waals surface area contributed by atoms with E-state index >= 15 is 0 Å². The summed E-state index contributed by atoms with van der Waals surface area (Å²) in [4.78, 5) is 14.7. The highest BCUT2D eigenvalue weighted by molar-refractivity contribution is 5.97. The maximum atomic E-state index is 11.9. The van der Waals surface area contributed by atoms with E-state index in [1.807, 2.05) is 31.2 Å². The van der Waals surface area contributed by atoms with Gasteiger partial charge in [-0.15, -0.1) is 10.2 Å². The second kappa shape index (κ2) is 5.20. The SMILES string of the molecule is Cc1ccc2[nH]c(O)c(N=NC(=O)c3ccccc3)c2c1. The zero-order valence-electron chi connectivity index (χ0n) is 11.4. The lowest BCUT2D eigenvalue weighted by atomic mass is 10.1. The van der Waals surface area contributed by atoms with E-state index in [1.165, 1.54) is 0 Å². The molecule has 0 bridgehead atoms. The van der Waals surface area contributed by atoms with Crippen LogP contribution in [0.25, 0.3) is 10.9 Å². The van der Waals surface area contributed by atoms with Gasteiger partial charge in [0.1, 0.15) is 0 Å². The molecule has 5 heteroatoms. The first-order valence-corrected chi connectivity index (χ1v) is 6.47. The Balaban J connectivity index is 1.98. The fraction of sp³-hybridized carbons (Fsp3) is 0.0625. The van der Waals surface area contributed by atoms with Gasteiger partial charge in [0.25, 0.3) is 5.91 Å². The Morgan fingerprint density at radius 2 is 1.90 bits per heavy atom. The van der Waals surface area contributed by atoms with Crippen molar-refractivity contribution in [2.45, 2.75) is 6.92 Å². The highest BCUT2D eigenvalue weighted by Crippen LogP contribution is 2.35. The Morgan fingerprint density at radius 1 is 1.14 bits per heavy atom. The van der Waals surface area contributed by atoms with Gasteiger partial charge in [0.15, 0.2) is 5.69 Å². The summed E-state index contributed by atoms with van der Waals surface area (Å²) in [5.41, 5.74) is 2.52. The van der Waals surface area contributed by atoms with Crippen molar-refractivity contribution in [1.82, 2.24) is 4.98 Å². The fourth-order valence-electron chi connectivity index (χ4n) is 2.11. The number of hydrogen-bond acceptors (Lipinski definition) is 3. The minimum atomic E-state index is -0.447. The summed E-state index contributed by atoms with van der Waals surface area (Å²) in [6, 6.07) is 14.3. The highest BCUT2D eigenvalue weighted by Gasteiger charge is 2.11. The van der Waals surface area contributed by atoms with Crippen molar-refractivity contribution >= 4 is 22.5 Å². The number of nitrogens with zero attached hydrogens (tertiary/aromatic N) is 2. The maximum Gasteiger partial charge on any atom is 0.295 e. The predicted molar refractivity (Wildman–Crippen MR) is 80.0 cm³/mol. The van der Waals surface area contributed by atoms with Crippen molar-refractivity contribution in [2.24, 2.45) is 10.2 Å². The van der Waals surface area contributed by atoms with E-state index in [0.717, 1.165) is 16.5 Å². The van der Waals surface area contributed by atoms with Crippen LogP contribution < -0.4 is 0 Å². The topological polar surface area (TPSA) is 77.8 Å².